The van der Waals surface area contributed by atoms with Crippen molar-refractivity contribution in [2.24, 2.45) is 5.92 Å². The second-order valence-corrected chi connectivity index (χ2v) is 10.1. The summed E-state index contributed by atoms with van der Waals surface area (Å²) < 4.78 is 13.8. The maximum atomic E-state index is 13.8. The Kier molecular flexibility index (Phi) is 4.86. The molecule has 32 heavy (non-hydrogen) atoms. The van der Waals surface area contributed by atoms with Crippen molar-refractivity contribution in [2.75, 3.05) is 44.6 Å². The molecular formula is C26H31FN4O. The molecule has 3 fully saturated rings. The first-order valence-corrected chi connectivity index (χ1v) is 12.0. The van der Waals surface area contributed by atoms with Crippen LogP contribution in [0.1, 0.15) is 36.3 Å². The number of carbonyl (C=O) groups excluding carboxylic acids is 1. The van der Waals surface area contributed by atoms with Gasteiger partial charge in [-0.1, -0.05) is 30.3 Å². The first-order valence-electron chi connectivity index (χ1n) is 12.0. The summed E-state index contributed by atoms with van der Waals surface area (Å²) in [5.41, 5.74) is 3.54. The number of fused-ring (bicyclic) bond motifs is 2. The van der Waals surface area contributed by atoms with Crippen LogP contribution in [0.5, 0.6) is 0 Å². The Morgan fingerprint density at radius 3 is 2.66 bits per heavy atom. The molecule has 0 unspecified atom stereocenters. The van der Waals surface area contributed by atoms with Gasteiger partial charge in [0.05, 0.1) is 0 Å². The van der Waals surface area contributed by atoms with Crippen molar-refractivity contribution in [3.8, 4) is 0 Å². The number of piperidine rings is 1. The Balaban J connectivity index is 0.958. The van der Waals surface area contributed by atoms with E-state index in [0.29, 0.717) is 17.9 Å². The van der Waals surface area contributed by atoms with E-state index in [1.54, 1.807) is 6.07 Å². The summed E-state index contributed by atoms with van der Waals surface area (Å²) in [6.07, 6.45) is 3.00. The lowest BCUT2D eigenvalue weighted by Crippen LogP contribution is -2.59. The molecule has 0 aromatic heterocycles. The molecule has 5 nitrogen and oxygen atoms in total. The Labute approximate surface area is 189 Å². The fraction of sp³-hybridized carbons (Fsp3) is 0.500. The number of likely N-dealkylation sites (tertiary alicyclic amines) is 2. The van der Waals surface area contributed by atoms with Crippen LogP contribution in [0.2, 0.25) is 0 Å². The van der Waals surface area contributed by atoms with Crippen LogP contribution in [-0.2, 0) is 5.41 Å². The van der Waals surface area contributed by atoms with E-state index < -0.39 is 0 Å². The number of amides is 2. The van der Waals surface area contributed by atoms with Gasteiger partial charge in [0.15, 0.2) is 0 Å². The molecule has 2 atom stereocenters. The Morgan fingerprint density at radius 2 is 1.88 bits per heavy atom. The van der Waals surface area contributed by atoms with Gasteiger partial charge in [-0.3, -0.25) is 0 Å². The third-order valence-electron chi connectivity index (χ3n) is 8.08. The number of urea groups is 1. The smallest absolute Gasteiger partial charge is 0.320 e. The van der Waals surface area contributed by atoms with E-state index in [-0.39, 0.29) is 17.3 Å². The molecule has 1 spiro atoms. The second-order valence-electron chi connectivity index (χ2n) is 10.1. The lowest BCUT2D eigenvalue weighted by atomic mass is 9.74. The third-order valence-corrected chi connectivity index (χ3v) is 8.08. The van der Waals surface area contributed by atoms with Crippen LogP contribution in [0.3, 0.4) is 0 Å². The number of hydrogen-bond acceptors (Lipinski definition) is 3. The van der Waals surface area contributed by atoms with Gasteiger partial charge in [-0.05, 0) is 48.6 Å². The van der Waals surface area contributed by atoms with Gasteiger partial charge in [0.2, 0.25) is 0 Å². The average Bonchev–Trinajstić information content (AvgIpc) is 3.50. The van der Waals surface area contributed by atoms with Gasteiger partial charge in [-0.15, -0.1) is 0 Å². The van der Waals surface area contributed by atoms with Gasteiger partial charge in [-0.2, -0.15) is 0 Å². The van der Waals surface area contributed by atoms with Crippen molar-refractivity contribution in [3.63, 3.8) is 0 Å². The maximum Gasteiger partial charge on any atom is 0.320 e. The zero-order chi connectivity index (χ0) is 21.7. The summed E-state index contributed by atoms with van der Waals surface area (Å²) in [5, 5.41) is 7.14. The monoisotopic (exact) mass is 434 g/mol. The molecule has 2 N–H and O–H groups in total. The van der Waals surface area contributed by atoms with Crippen LogP contribution in [0.25, 0.3) is 0 Å². The molecule has 0 bridgehead atoms. The quantitative estimate of drug-likeness (QED) is 0.770. The maximum absolute atomic E-state index is 13.8. The van der Waals surface area contributed by atoms with Crippen LogP contribution < -0.4 is 10.6 Å². The van der Waals surface area contributed by atoms with E-state index in [2.05, 4.69) is 41.0 Å². The number of nitrogens with one attached hydrogen (secondary N) is 2. The molecule has 2 amide bonds. The molecule has 1 aliphatic carbocycles. The van der Waals surface area contributed by atoms with E-state index in [0.717, 1.165) is 63.4 Å². The SMILES string of the molecule is O=C(N1CCC2(CC1)CNc1ccc(F)cc12)N1CC(CN[C@@H]2C[C@H]2c2ccccc2)C1. The number of rotatable bonds is 4. The van der Waals surface area contributed by atoms with Crippen LogP contribution in [-0.4, -0.2) is 61.1 Å². The van der Waals surface area contributed by atoms with Crippen LogP contribution >= 0.6 is 0 Å². The topological polar surface area (TPSA) is 47.6 Å². The van der Waals surface area contributed by atoms with Crippen LogP contribution in [0.4, 0.5) is 14.9 Å². The van der Waals surface area contributed by atoms with Gasteiger partial charge in [0.25, 0.3) is 0 Å². The highest BCUT2D eigenvalue weighted by molar-refractivity contribution is 5.75. The van der Waals surface area contributed by atoms with Crippen molar-refractivity contribution < 1.29 is 9.18 Å². The van der Waals surface area contributed by atoms with E-state index in [1.807, 2.05) is 15.9 Å². The van der Waals surface area contributed by atoms with Crippen molar-refractivity contribution >= 4 is 11.7 Å². The lowest BCUT2D eigenvalue weighted by Gasteiger charge is -2.45. The molecular weight excluding hydrogens is 403 g/mol. The molecule has 1 saturated carbocycles. The number of hydrogen-bond donors (Lipinski definition) is 2. The standard InChI is InChI=1S/C26H31FN4O/c27-20-6-7-23-22(12-20)26(17-29-23)8-10-30(11-9-26)25(32)31-15-18(16-31)14-28-24-13-21(24)19-4-2-1-3-5-19/h1-7,12,18,21,24,28-29H,8-11,13-17H2/t21-,24+/m0/s1. The minimum Gasteiger partial charge on any atom is -0.384 e. The highest BCUT2D eigenvalue weighted by Crippen LogP contribution is 2.44. The zero-order valence-electron chi connectivity index (χ0n) is 18.4. The fourth-order valence-corrected chi connectivity index (χ4v) is 5.90. The summed E-state index contributed by atoms with van der Waals surface area (Å²) >= 11 is 0. The van der Waals surface area contributed by atoms with Crippen LogP contribution in [0, 0.1) is 11.7 Å². The van der Waals surface area contributed by atoms with Crippen molar-refractivity contribution in [1.29, 1.82) is 0 Å². The Bertz CT molecular complexity index is 998. The first kappa shape index (κ1) is 20.0. The van der Waals surface area contributed by atoms with Gasteiger partial charge in [0, 0.05) is 68.2 Å². The number of halogens is 1. The fourth-order valence-electron chi connectivity index (χ4n) is 5.90. The van der Waals surface area contributed by atoms with E-state index >= 15 is 0 Å². The normalized spacial score (nSPS) is 25.9. The number of benzene rings is 2. The summed E-state index contributed by atoms with van der Waals surface area (Å²) in [6, 6.07) is 16.5. The number of anilines is 1. The molecule has 4 aliphatic rings. The summed E-state index contributed by atoms with van der Waals surface area (Å²) in [4.78, 5) is 17.0. The zero-order valence-corrected chi connectivity index (χ0v) is 18.4. The van der Waals surface area contributed by atoms with Gasteiger partial charge >= 0.3 is 6.03 Å². The lowest BCUT2D eigenvalue weighted by molar-refractivity contribution is 0.0772. The largest absolute Gasteiger partial charge is 0.384 e. The summed E-state index contributed by atoms with van der Waals surface area (Å²) in [5.74, 6) is 1.03. The highest BCUT2D eigenvalue weighted by Gasteiger charge is 2.44. The summed E-state index contributed by atoms with van der Waals surface area (Å²) in [6.45, 7) is 5.04. The van der Waals surface area contributed by atoms with Gasteiger partial charge in [0.1, 0.15) is 5.82 Å². The molecule has 2 saturated heterocycles. The predicted octanol–water partition coefficient (Wildman–Crippen LogP) is 3.78. The Morgan fingerprint density at radius 1 is 1.09 bits per heavy atom. The first-order chi connectivity index (χ1) is 15.6. The molecule has 168 valence electrons. The second kappa shape index (κ2) is 7.77. The minimum absolute atomic E-state index is 0.0326. The average molecular weight is 435 g/mol. The molecule has 2 aromatic carbocycles. The van der Waals surface area contributed by atoms with Gasteiger partial charge < -0.3 is 20.4 Å². The third kappa shape index (κ3) is 3.54. The molecule has 3 aliphatic heterocycles. The van der Waals surface area contributed by atoms with Crippen molar-refractivity contribution in [3.05, 3.63) is 65.5 Å². The summed E-state index contributed by atoms with van der Waals surface area (Å²) in [7, 11) is 0. The van der Waals surface area contributed by atoms with Crippen molar-refractivity contribution in [2.45, 2.75) is 36.6 Å². The predicted molar refractivity (Wildman–Crippen MR) is 123 cm³/mol. The number of nitrogens with zero attached hydrogens (tertiary/aromatic N) is 2. The van der Waals surface area contributed by atoms with E-state index in [4.69, 9.17) is 0 Å². The van der Waals surface area contributed by atoms with Gasteiger partial charge in [-0.25, -0.2) is 9.18 Å². The van der Waals surface area contributed by atoms with Crippen molar-refractivity contribution in [1.82, 2.24) is 15.1 Å². The van der Waals surface area contributed by atoms with E-state index in [9.17, 15) is 9.18 Å². The Hall–Kier alpha value is -2.60. The van der Waals surface area contributed by atoms with Crippen LogP contribution in [0.15, 0.2) is 48.5 Å². The molecule has 2 aromatic rings. The minimum atomic E-state index is -0.174. The molecule has 0 radical (unpaired) electrons. The number of carbonyl (C=O) groups is 1. The highest BCUT2D eigenvalue weighted by atomic mass is 19.1. The molecule has 6 heteroatoms. The molecule has 6 rings (SSSR count). The molecule has 3 heterocycles. The van der Waals surface area contributed by atoms with E-state index in [1.165, 1.54) is 18.1 Å².